The van der Waals surface area contributed by atoms with Gasteiger partial charge in [0.05, 0.1) is 44.1 Å². The SMILES string of the molecule is c1ccc(-c2ccc3c(c2)c2cc(-c4ccccc4)ccc2n3-c2ccc(-c3ccc(-c4ccc(-n5c6ccccc6c6c7sc8ccccc8c7ccc65)cc4)cc3)cc2)cc1.c1ccc(-c2ccc3c(c2)c2cc(-c4ccccc4)ccc2n3-c2ccc(-c3ccc(-c4ccc(-n5c6ccccc6c6cc7sc8ccccc8c7cc65)cc4)cc3)cc2)cc1. The summed E-state index contributed by atoms with van der Waals surface area (Å²) in [5, 5.41) is 15.5. The minimum atomic E-state index is 1.15. The van der Waals surface area contributed by atoms with E-state index < -0.39 is 0 Å². The van der Waals surface area contributed by atoms with Crippen molar-refractivity contribution in [1.29, 1.82) is 0 Å². The lowest BCUT2D eigenvalue weighted by Crippen LogP contribution is -1.94. The van der Waals surface area contributed by atoms with Crippen LogP contribution in [0.25, 0.3) is 239 Å². The number of nitrogens with zero attached hydrogens (tertiary/aromatic N) is 4. The fraction of sp³-hybridized carbons (Fsp3) is 0. The second-order valence-electron chi connectivity index (χ2n) is 33.0. The molecule has 6 heterocycles. The maximum Gasteiger partial charge on any atom is 0.0555 e. The topological polar surface area (TPSA) is 19.7 Å². The zero-order valence-electron chi connectivity index (χ0n) is 68.5. The third-order valence-electron chi connectivity index (χ3n) is 25.9. The molecule has 0 saturated heterocycles. The highest BCUT2D eigenvalue weighted by atomic mass is 32.1. The van der Waals surface area contributed by atoms with Gasteiger partial charge in [0.15, 0.2) is 0 Å². The van der Waals surface area contributed by atoms with Crippen LogP contribution in [0.2, 0.25) is 0 Å². The molecule has 26 aromatic rings. The van der Waals surface area contributed by atoms with Crippen molar-refractivity contribution in [2.24, 2.45) is 0 Å². The molecule has 0 atom stereocenters. The van der Waals surface area contributed by atoms with Gasteiger partial charge in [-0.25, -0.2) is 0 Å². The summed E-state index contributed by atoms with van der Waals surface area (Å²) in [5.74, 6) is 0. The normalized spacial score (nSPS) is 11.8. The third kappa shape index (κ3) is 12.3. The van der Waals surface area contributed by atoms with Gasteiger partial charge in [0.2, 0.25) is 0 Å². The molecule has 0 aliphatic carbocycles. The number of para-hydroxylation sites is 2. The molecule has 6 aromatic heterocycles. The van der Waals surface area contributed by atoms with E-state index in [0.717, 1.165) is 17.1 Å². The molecular formula is C120H76N4S2. The van der Waals surface area contributed by atoms with Crippen LogP contribution in [0.15, 0.2) is 461 Å². The fourth-order valence-electron chi connectivity index (χ4n) is 19.7. The minimum absolute atomic E-state index is 1.15. The molecule has 0 radical (unpaired) electrons. The standard InChI is InChI=1S/2C60H38N2S/c1-3-11-39(12-4-1)45-27-34-55-52(37-45)53-38-46(40-13-5-2-6-14-40)28-35-56(53)61(55)47-29-23-43(24-30-47)41-19-21-42(22-20-41)44-25-31-48(32-26-44)62-54-17-9-7-16-51(54)59-57(62)36-33-50-49-15-8-10-18-58(49)63-60(50)59;1-3-11-39(12-4-1)45-27-33-56-51(35-45)52-36-46(40-13-5-2-6-14-40)28-34-57(52)61(56)47-29-23-43(24-30-47)41-19-21-42(22-20-41)44-25-31-48(32-26-44)62-55-17-9-7-15-49(55)53-38-60-54(37-58(53)62)50-16-8-10-18-59(50)63-60/h2*1-38H. The van der Waals surface area contributed by atoms with Gasteiger partial charge in [-0.2, -0.15) is 0 Å². The summed E-state index contributed by atoms with van der Waals surface area (Å²) < 4.78 is 15.0. The summed E-state index contributed by atoms with van der Waals surface area (Å²) in [6.45, 7) is 0. The van der Waals surface area contributed by atoms with Gasteiger partial charge in [-0.05, 0) is 229 Å². The smallest absolute Gasteiger partial charge is 0.0555 e. The van der Waals surface area contributed by atoms with E-state index in [2.05, 4.69) is 479 Å². The van der Waals surface area contributed by atoms with Crippen molar-refractivity contribution in [3.63, 3.8) is 0 Å². The van der Waals surface area contributed by atoms with Gasteiger partial charge in [-0.1, -0.05) is 322 Å². The lowest BCUT2D eigenvalue weighted by molar-refractivity contribution is 1.18. The molecule has 0 aliphatic heterocycles. The molecule has 126 heavy (non-hydrogen) atoms. The summed E-state index contributed by atoms with van der Waals surface area (Å²) in [4.78, 5) is 0. The first kappa shape index (κ1) is 72.8. The lowest BCUT2D eigenvalue weighted by atomic mass is 10.00. The van der Waals surface area contributed by atoms with E-state index >= 15 is 0 Å². The van der Waals surface area contributed by atoms with E-state index in [1.165, 1.54) is 222 Å². The zero-order valence-corrected chi connectivity index (χ0v) is 70.1. The monoisotopic (exact) mass is 1640 g/mol. The van der Waals surface area contributed by atoms with Crippen molar-refractivity contribution in [2.75, 3.05) is 0 Å². The Morgan fingerprint density at radius 1 is 0.127 bits per heavy atom. The Morgan fingerprint density at radius 3 is 0.762 bits per heavy atom. The first-order chi connectivity index (χ1) is 62.4. The van der Waals surface area contributed by atoms with E-state index in [1.807, 2.05) is 22.7 Å². The first-order valence-electron chi connectivity index (χ1n) is 43.1. The molecule has 0 aliphatic rings. The van der Waals surface area contributed by atoms with Crippen molar-refractivity contribution in [3.05, 3.63) is 461 Å². The predicted octanol–water partition coefficient (Wildman–Crippen LogP) is 33.8. The van der Waals surface area contributed by atoms with Gasteiger partial charge in [0, 0.05) is 106 Å². The third-order valence-corrected chi connectivity index (χ3v) is 28.3. The summed E-state index contributed by atoms with van der Waals surface area (Å²) in [6, 6.07) is 169. The number of aromatic nitrogens is 4. The number of thiophene rings is 2. The van der Waals surface area contributed by atoms with Crippen LogP contribution in [-0.2, 0) is 0 Å². The van der Waals surface area contributed by atoms with Crippen LogP contribution < -0.4 is 0 Å². The number of hydrogen-bond acceptors (Lipinski definition) is 2. The maximum absolute atomic E-state index is 2.43. The van der Waals surface area contributed by atoms with Crippen LogP contribution in [0.3, 0.4) is 0 Å². The Labute approximate surface area is 735 Å². The second kappa shape index (κ2) is 30.0. The van der Waals surface area contributed by atoms with E-state index in [0.29, 0.717) is 0 Å². The average molecular weight is 1640 g/mol. The molecule has 0 amide bonds. The van der Waals surface area contributed by atoms with Gasteiger partial charge in [0.25, 0.3) is 0 Å². The number of rotatable bonds is 12. The van der Waals surface area contributed by atoms with Crippen LogP contribution in [0, 0.1) is 0 Å². The molecule has 20 aromatic carbocycles. The van der Waals surface area contributed by atoms with Gasteiger partial charge in [0.1, 0.15) is 0 Å². The average Bonchev–Trinajstić information content (AvgIpc) is 1.58. The van der Waals surface area contributed by atoms with E-state index in [4.69, 9.17) is 0 Å². The minimum Gasteiger partial charge on any atom is -0.309 e. The Morgan fingerprint density at radius 2 is 0.381 bits per heavy atom. The Hall–Kier alpha value is -16.0. The molecule has 0 unspecified atom stereocenters. The molecule has 0 fully saturated rings. The van der Waals surface area contributed by atoms with Gasteiger partial charge < -0.3 is 18.3 Å². The van der Waals surface area contributed by atoms with Crippen molar-refractivity contribution in [2.45, 2.75) is 0 Å². The lowest BCUT2D eigenvalue weighted by Gasteiger charge is -2.11. The van der Waals surface area contributed by atoms with Gasteiger partial charge in [-0.15, -0.1) is 22.7 Å². The molecule has 0 N–H and O–H groups in total. The summed E-state index contributed by atoms with van der Waals surface area (Å²) in [5.41, 5.74) is 33.7. The summed E-state index contributed by atoms with van der Waals surface area (Å²) in [6.07, 6.45) is 0. The fourth-order valence-corrected chi connectivity index (χ4v) is 22.1. The van der Waals surface area contributed by atoms with Crippen LogP contribution >= 0.6 is 22.7 Å². The second-order valence-corrected chi connectivity index (χ2v) is 35.1. The molecule has 0 saturated carbocycles. The van der Waals surface area contributed by atoms with E-state index in [1.54, 1.807) is 0 Å². The predicted molar refractivity (Wildman–Crippen MR) is 540 cm³/mol. The van der Waals surface area contributed by atoms with Crippen molar-refractivity contribution in [3.8, 4) is 112 Å². The molecule has 6 heteroatoms. The van der Waals surface area contributed by atoms with Crippen LogP contribution in [0.1, 0.15) is 0 Å². The van der Waals surface area contributed by atoms with Crippen molar-refractivity contribution < 1.29 is 0 Å². The molecule has 588 valence electrons. The zero-order chi connectivity index (χ0) is 82.9. The molecule has 0 bridgehead atoms. The van der Waals surface area contributed by atoms with Crippen molar-refractivity contribution in [1.82, 2.24) is 18.3 Å². The molecule has 4 nitrogen and oxygen atoms in total. The first-order valence-corrected chi connectivity index (χ1v) is 44.8. The Kier molecular flexibility index (Phi) is 17.3. The largest absolute Gasteiger partial charge is 0.309 e. The van der Waals surface area contributed by atoms with Gasteiger partial charge in [-0.3, -0.25) is 0 Å². The Balaban J connectivity index is 0.000000137. The van der Waals surface area contributed by atoms with E-state index in [9.17, 15) is 0 Å². The van der Waals surface area contributed by atoms with Crippen LogP contribution in [0.4, 0.5) is 0 Å². The molecular weight excluding hydrogens is 1560 g/mol. The number of fused-ring (bicyclic) bond motifs is 19. The molecule has 26 rings (SSSR count). The maximum atomic E-state index is 2.43. The van der Waals surface area contributed by atoms with Crippen LogP contribution in [-0.4, -0.2) is 18.3 Å². The van der Waals surface area contributed by atoms with Crippen LogP contribution in [0.5, 0.6) is 0 Å². The quantitative estimate of drug-likeness (QED) is 0.116. The highest BCUT2D eigenvalue weighted by Crippen LogP contribution is 2.47. The highest BCUT2D eigenvalue weighted by molar-refractivity contribution is 7.27. The number of hydrogen-bond donors (Lipinski definition) is 0. The Bertz CT molecular complexity index is 8540. The van der Waals surface area contributed by atoms with Gasteiger partial charge >= 0.3 is 0 Å². The highest BCUT2D eigenvalue weighted by Gasteiger charge is 2.23. The summed E-state index contributed by atoms with van der Waals surface area (Å²) >= 11 is 3.78. The summed E-state index contributed by atoms with van der Waals surface area (Å²) in [7, 11) is 0. The molecule has 0 spiro atoms. The van der Waals surface area contributed by atoms with E-state index in [-0.39, 0.29) is 0 Å². The number of benzene rings is 20. The van der Waals surface area contributed by atoms with Crippen molar-refractivity contribution >= 4 is 150 Å².